The van der Waals surface area contributed by atoms with Crippen LogP contribution < -0.4 is 15.5 Å². The first-order valence-corrected chi connectivity index (χ1v) is 9.62. The van der Waals surface area contributed by atoms with E-state index in [4.69, 9.17) is 4.74 Å². The Labute approximate surface area is 162 Å². The Hall–Kier alpha value is -2.99. The van der Waals surface area contributed by atoms with Gasteiger partial charge in [-0.1, -0.05) is 36.4 Å². The van der Waals surface area contributed by atoms with Crippen LogP contribution in [0.5, 0.6) is 5.75 Å². The molecule has 0 fully saturated rings. The van der Waals surface area contributed by atoms with Crippen molar-refractivity contribution in [3.05, 3.63) is 88.3 Å². The van der Waals surface area contributed by atoms with E-state index in [2.05, 4.69) is 5.32 Å². The van der Waals surface area contributed by atoms with E-state index in [1.54, 1.807) is 29.6 Å². The zero-order chi connectivity index (χ0) is 19.2. The minimum Gasteiger partial charge on any atom is -0.483 e. The van der Waals surface area contributed by atoms with Crippen molar-refractivity contribution in [3.8, 4) is 5.75 Å². The third-order valence-corrected chi connectivity index (χ3v) is 4.72. The lowest BCUT2D eigenvalue weighted by Gasteiger charge is -2.12. The van der Waals surface area contributed by atoms with Gasteiger partial charge in [0, 0.05) is 23.7 Å². The van der Waals surface area contributed by atoms with Gasteiger partial charge in [0.15, 0.2) is 5.75 Å². The van der Waals surface area contributed by atoms with Crippen molar-refractivity contribution in [1.82, 2.24) is 4.57 Å². The van der Waals surface area contributed by atoms with Crippen LogP contribution in [0.15, 0.2) is 76.6 Å². The molecule has 3 rings (SSSR count). The molecule has 0 aliphatic heterocycles. The lowest BCUT2D eigenvalue weighted by Crippen LogP contribution is -2.21. The van der Waals surface area contributed by atoms with Gasteiger partial charge in [-0.05, 0) is 30.0 Å². The molecule has 6 heteroatoms. The highest BCUT2D eigenvalue weighted by molar-refractivity contribution is 7.98. The summed E-state index contributed by atoms with van der Waals surface area (Å²) in [7, 11) is 1.71. The average molecular weight is 380 g/mol. The molecule has 0 radical (unpaired) electrons. The molecule has 1 N–H and O–H groups in total. The van der Waals surface area contributed by atoms with Crippen LogP contribution in [0, 0.1) is 0 Å². The molecule has 0 aliphatic rings. The number of amides is 1. The number of thioether (sulfide) groups is 1. The standard InChI is InChI=1S/C21H20N2O3S/c1-23-13-20(26-14-15-7-4-3-5-8-15)19(24)12-18(23)21(25)22-16-9-6-10-17(11-16)27-2/h3-13H,14H2,1-2H3,(H,22,25). The van der Waals surface area contributed by atoms with Crippen molar-refractivity contribution < 1.29 is 9.53 Å². The largest absolute Gasteiger partial charge is 0.483 e. The van der Waals surface area contributed by atoms with Crippen LogP contribution >= 0.6 is 11.8 Å². The Morgan fingerprint density at radius 3 is 2.63 bits per heavy atom. The molecule has 0 aliphatic carbocycles. The van der Waals surface area contributed by atoms with Gasteiger partial charge in [0.25, 0.3) is 5.91 Å². The molecule has 138 valence electrons. The summed E-state index contributed by atoms with van der Waals surface area (Å²) in [5.74, 6) is -0.134. The van der Waals surface area contributed by atoms with Gasteiger partial charge >= 0.3 is 0 Å². The number of aryl methyl sites for hydroxylation is 1. The number of aromatic nitrogens is 1. The lowest BCUT2D eigenvalue weighted by molar-refractivity contribution is 0.101. The number of hydrogen-bond acceptors (Lipinski definition) is 4. The Bertz CT molecular complexity index is 1000. The Morgan fingerprint density at radius 2 is 1.89 bits per heavy atom. The van der Waals surface area contributed by atoms with Crippen LogP contribution in [-0.2, 0) is 13.7 Å². The molecular formula is C21H20N2O3S. The molecule has 0 unspecified atom stereocenters. The van der Waals surface area contributed by atoms with Gasteiger partial charge < -0.3 is 14.6 Å². The molecule has 0 spiro atoms. The highest BCUT2D eigenvalue weighted by Gasteiger charge is 2.13. The van der Waals surface area contributed by atoms with E-state index >= 15 is 0 Å². The minimum absolute atomic E-state index is 0.210. The fraction of sp³-hybridized carbons (Fsp3) is 0.143. The first-order valence-electron chi connectivity index (χ1n) is 8.39. The van der Waals surface area contributed by atoms with Crippen molar-refractivity contribution in [2.45, 2.75) is 11.5 Å². The Morgan fingerprint density at radius 1 is 1.11 bits per heavy atom. The zero-order valence-corrected chi connectivity index (χ0v) is 16.0. The van der Waals surface area contributed by atoms with E-state index in [1.807, 2.05) is 60.9 Å². The van der Waals surface area contributed by atoms with Crippen molar-refractivity contribution in [3.63, 3.8) is 0 Å². The molecule has 1 amide bonds. The highest BCUT2D eigenvalue weighted by Crippen LogP contribution is 2.19. The van der Waals surface area contributed by atoms with Crippen molar-refractivity contribution >= 4 is 23.4 Å². The molecule has 3 aromatic rings. The van der Waals surface area contributed by atoms with Crippen molar-refractivity contribution in [1.29, 1.82) is 0 Å². The summed E-state index contributed by atoms with van der Waals surface area (Å²) in [5.41, 5.74) is 1.59. The van der Waals surface area contributed by atoms with Gasteiger partial charge in [0.1, 0.15) is 12.3 Å². The van der Waals surface area contributed by atoms with Crippen LogP contribution in [-0.4, -0.2) is 16.7 Å². The molecular weight excluding hydrogens is 360 g/mol. The number of benzene rings is 2. The fourth-order valence-corrected chi connectivity index (χ4v) is 3.03. The molecule has 0 bridgehead atoms. The third-order valence-electron chi connectivity index (χ3n) is 4.00. The Kier molecular flexibility index (Phi) is 5.98. The maximum Gasteiger partial charge on any atom is 0.272 e. The van der Waals surface area contributed by atoms with Crippen LogP contribution in [0.2, 0.25) is 0 Å². The van der Waals surface area contributed by atoms with Crippen molar-refractivity contribution in [2.24, 2.45) is 7.05 Å². The van der Waals surface area contributed by atoms with Gasteiger partial charge in [-0.3, -0.25) is 9.59 Å². The first-order chi connectivity index (χ1) is 13.1. The number of carbonyl (C=O) groups excluding carboxylic acids is 1. The molecule has 1 aromatic heterocycles. The van der Waals surface area contributed by atoms with Gasteiger partial charge in [0.05, 0.1) is 6.20 Å². The predicted molar refractivity (Wildman–Crippen MR) is 109 cm³/mol. The number of ether oxygens (including phenoxy) is 1. The molecule has 5 nitrogen and oxygen atoms in total. The van der Waals surface area contributed by atoms with E-state index in [0.717, 1.165) is 10.5 Å². The SMILES string of the molecule is CSc1cccc(NC(=O)c2cc(=O)c(OCc3ccccc3)cn2C)c1. The lowest BCUT2D eigenvalue weighted by atomic mass is 10.2. The van der Waals surface area contributed by atoms with Crippen molar-refractivity contribution in [2.75, 3.05) is 11.6 Å². The van der Waals surface area contributed by atoms with Crippen LogP contribution in [0.25, 0.3) is 0 Å². The third kappa shape index (κ3) is 4.80. The molecule has 1 heterocycles. The summed E-state index contributed by atoms with van der Waals surface area (Å²) in [5, 5.41) is 2.83. The monoisotopic (exact) mass is 380 g/mol. The number of anilines is 1. The van der Waals surface area contributed by atoms with E-state index in [0.29, 0.717) is 12.3 Å². The van der Waals surface area contributed by atoms with Crippen LogP contribution in [0.3, 0.4) is 0 Å². The average Bonchev–Trinajstić information content (AvgIpc) is 2.69. The smallest absolute Gasteiger partial charge is 0.272 e. The van der Waals surface area contributed by atoms with Crippen LogP contribution in [0.4, 0.5) is 5.69 Å². The molecule has 0 saturated carbocycles. The van der Waals surface area contributed by atoms with Gasteiger partial charge in [0.2, 0.25) is 5.43 Å². The first kappa shape index (κ1) is 18.8. The quantitative estimate of drug-likeness (QED) is 0.658. The van der Waals surface area contributed by atoms with E-state index in [-0.39, 0.29) is 22.8 Å². The minimum atomic E-state index is -0.345. The summed E-state index contributed by atoms with van der Waals surface area (Å²) in [6, 6.07) is 18.4. The van der Waals surface area contributed by atoms with Gasteiger partial charge in [-0.25, -0.2) is 0 Å². The number of pyridine rings is 1. The summed E-state index contributed by atoms with van der Waals surface area (Å²) in [4.78, 5) is 26.0. The van der Waals surface area contributed by atoms with E-state index in [1.165, 1.54) is 6.07 Å². The number of nitrogens with zero attached hydrogens (tertiary/aromatic N) is 1. The number of rotatable bonds is 6. The number of hydrogen-bond donors (Lipinski definition) is 1. The Balaban J connectivity index is 1.75. The zero-order valence-electron chi connectivity index (χ0n) is 15.1. The van der Waals surface area contributed by atoms with Crippen LogP contribution in [0.1, 0.15) is 16.1 Å². The normalized spacial score (nSPS) is 10.4. The topological polar surface area (TPSA) is 60.3 Å². The molecule has 0 atom stereocenters. The second kappa shape index (κ2) is 8.60. The summed E-state index contributed by atoms with van der Waals surface area (Å²) in [6.07, 6.45) is 3.51. The summed E-state index contributed by atoms with van der Waals surface area (Å²) >= 11 is 1.59. The summed E-state index contributed by atoms with van der Waals surface area (Å²) in [6.45, 7) is 0.295. The second-order valence-corrected chi connectivity index (χ2v) is 6.84. The molecule has 2 aromatic carbocycles. The van der Waals surface area contributed by atoms with Gasteiger partial charge in [-0.2, -0.15) is 0 Å². The second-order valence-electron chi connectivity index (χ2n) is 5.96. The van der Waals surface area contributed by atoms with Gasteiger partial charge in [-0.15, -0.1) is 11.8 Å². The van der Waals surface area contributed by atoms with E-state index in [9.17, 15) is 9.59 Å². The number of nitrogens with one attached hydrogen (secondary N) is 1. The highest BCUT2D eigenvalue weighted by atomic mass is 32.2. The number of carbonyl (C=O) groups is 1. The predicted octanol–water partition coefficient (Wildman–Crippen LogP) is 3.94. The summed E-state index contributed by atoms with van der Waals surface area (Å²) < 4.78 is 7.21. The van der Waals surface area contributed by atoms with E-state index < -0.39 is 0 Å². The maximum atomic E-state index is 12.6. The maximum absolute atomic E-state index is 12.6. The fourth-order valence-electron chi connectivity index (χ4n) is 2.57. The molecule has 0 saturated heterocycles. The molecule has 27 heavy (non-hydrogen) atoms.